The summed E-state index contributed by atoms with van der Waals surface area (Å²) >= 11 is 0. The molecule has 0 spiro atoms. The van der Waals surface area contributed by atoms with E-state index in [0.717, 1.165) is 25.9 Å². The second-order valence-electron chi connectivity index (χ2n) is 5.10. The van der Waals surface area contributed by atoms with Crippen LogP contribution in [0.3, 0.4) is 0 Å². The Morgan fingerprint density at radius 2 is 2.20 bits per heavy atom. The number of carbonyl (C=O) groups is 1. The smallest absolute Gasteiger partial charge is 0.336 e. The van der Waals surface area contributed by atoms with Crippen LogP contribution in [0.1, 0.15) is 25.3 Å². The fourth-order valence-electron chi connectivity index (χ4n) is 2.24. The number of ether oxygens (including phenoxy) is 2. The zero-order chi connectivity index (χ0) is 14.2. The molecule has 2 rings (SSSR count). The van der Waals surface area contributed by atoms with Crippen molar-refractivity contribution in [2.45, 2.75) is 32.4 Å². The monoisotopic (exact) mass is 277 g/mol. The molecule has 0 aromatic heterocycles. The molecule has 1 heterocycles. The van der Waals surface area contributed by atoms with Gasteiger partial charge in [0.05, 0.1) is 13.2 Å². The topological polar surface area (TPSA) is 38.8 Å². The van der Waals surface area contributed by atoms with Gasteiger partial charge in [0, 0.05) is 19.6 Å². The number of morpholine rings is 1. The molecule has 1 aromatic rings. The highest BCUT2D eigenvalue weighted by atomic mass is 16.6. The van der Waals surface area contributed by atoms with Gasteiger partial charge >= 0.3 is 5.97 Å². The minimum atomic E-state index is -0.440. The molecule has 0 unspecified atom stereocenters. The maximum Gasteiger partial charge on any atom is 0.336 e. The van der Waals surface area contributed by atoms with Crippen LogP contribution in [-0.2, 0) is 20.8 Å². The lowest BCUT2D eigenvalue weighted by molar-refractivity contribution is -0.163. The van der Waals surface area contributed by atoms with Crippen molar-refractivity contribution in [2.24, 2.45) is 0 Å². The highest BCUT2D eigenvalue weighted by molar-refractivity contribution is 5.75. The van der Waals surface area contributed by atoms with E-state index < -0.39 is 6.10 Å². The van der Waals surface area contributed by atoms with E-state index in [2.05, 4.69) is 24.0 Å². The molecule has 1 atom stereocenters. The molecular formula is C16H23NO3. The van der Waals surface area contributed by atoms with Crippen LogP contribution in [0.2, 0.25) is 0 Å². The predicted octanol–water partition coefficient (Wildman–Crippen LogP) is 2.23. The van der Waals surface area contributed by atoms with Gasteiger partial charge < -0.3 is 9.47 Å². The third kappa shape index (κ3) is 4.62. The third-order valence-electron chi connectivity index (χ3n) is 3.40. The molecular weight excluding hydrogens is 254 g/mol. The van der Waals surface area contributed by atoms with Gasteiger partial charge in [-0.2, -0.15) is 0 Å². The van der Waals surface area contributed by atoms with Crippen LogP contribution >= 0.6 is 0 Å². The summed E-state index contributed by atoms with van der Waals surface area (Å²) in [5, 5.41) is 0. The van der Waals surface area contributed by atoms with Crippen molar-refractivity contribution in [3.05, 3.63) is 35.9 Å². The largest absolute Gasteiger partial charge is 0.464 e. The summed E-state index contributed by atoms with van der Waals surface area (Å²) in [5.41, 5.74) is 1.26. The van der Waals surface area contributed by atoms with E-state index in [1.807, 2.05) is 18.2 Å². The van der Waals surface area contributed by atoms with E-state index in [1.54, 1.807) is 0 Å². The Bertz CT molecular complexity index is 407. The van der Waals surface area contributed by atoms with Crippen LogP contribution in [0.5, 0.6) is 0 Å². The molecule has 1 fully saturated rings. The first-order valence-electron chi connectivity index (χ1n) is 7.34. The zero-order valence-corrected chi connectivity index (χ0v) is 12.1. The van der Waals surface area contributed by atoms with Crippen LogP contribution in [0, 0.1) is 0 Å². The number of carbonyl (C=O) groups excluding carboxylic acids is 1. The van der Waals surface area contributed by atoms with Gasteiger partial charge in [0.25, 0.3) is 0 Å². The van der Waals surface area contributed by atoms with Gasteiger partial charge in [0.1, 0.15) is 0 Å². The van der Waals surface area contributed by atoms with Gasteiger partial charge in [-0.25, -0.2) is 4.79 Å². The molecule has 0 N–H and O–H groups in total. The van der Waals surface area contributed by atoms with Crippen molar-refractivity contribution in [2.75, 3.05) is 26.3 Å². The Morgan fingerprint density at radius 1 is 1.40 bits per heavy atom. The second kappa shape index (κ2) is 8.02. The Kier molecular flexibility index (Phi) is 6.02. The maximum absolute atomic E-state index is 11.9. The SMILES string of the molecule is CCCCOC(=O)[C@H]1CN(Cc2ccccc2)CCO1. The van der Waals surface area contributed by atoms with Crippen molar-refractivity contribution in [1.29, 1.82) is 0 Å². The fraction of sp³-hybridized carbons (Fsp3) is 0.562. The second-order valence-corrected chi connectivity index (χ2v) is 5.10. The normalized spacial score (nSPS) is 19.8. The van der Waals surface area contributed by atoms with Gasteiger partial charge in [0.2, 0.25) is 0 Å². The van der Waals surface area contributed by atoms with Gasteiger partial charge in [-0.3, -0.25) is 4.90 Å². The molecule has 1 aliphatic heterocycles. The average Bonchev–Trinajstić information content (AvgIpc) is 2.49. The molecule has 0 radical (unpaired) electrons. The lowest BCUT2D eigenvalue weighted by Crippen LogP contribution is -2.46. The quantitative estimate of drug-likeness (QED) is 0.590. The molecule has 1 aliphatic rings. The summed E-state index contributed by atoms with van der Waals surface area (Å²) in [4.78, 5) is 14.1. The zero-order valence-electron chi connectivity index (χ0n) is 12.1. The van der Waals surface area contributed by atoms with E-state index in [0.29, 0.717) is 19.8 Å². The highest BCUT2D eigenvalue weighted by Crippen LogP contribution is 2.11. The number of unbranched alkanes of at least 4 members (excludes halogenated alkanes) is 1. The van der Waals surface area contributed by atoms with Crippen LogP contribution in [0.25, 0.3) is 0 Å². The summed E-state index contributed by atoms with van der Waals surface area (Å²) in [6, 6.07) is 10.3. The minimum Gasteiger partial charge on any atom is -0.464 e. The van der Waals surface area contributed by atoms with Crippen molar-refractivity contribution in [3.8, 4) is 0 Å². The number of benzene rings is 1. The highest BCUT2D eigenvalue weighted by Gasteiger charge is 2.27. The molecule has 0 amide bonds. The summed E-state index contributed by atoms with van der Waals surface area (Å²) in [5.74, 6) is -0.226. The Hall–Kier alpha value is -1.39. The summed E-state index contributed by atoms with van der Waals surface area (Å²) in [6.45, 7) is 5.47. The molecule has 110 valence electrons. The van der Waals surface area contributed by atoms with E-state index in [4.69, 9.17) is 9.47 Å². The minimum absolute atomic E-state index is 0.226. The first kappa shape index (κ1) is 15.0. The molecule has 1 aromatic carbocycles. The molecule has 0 bridgehead atoms. The van der Waals surface area contributed by atoms with Gasteiger partial charge in [-0.15, -0.1) is 0 Å². The van der Waals surface area contributed by atoms with Gasteiger partial charge in [-0.05, 0) is 12.0 Å². The maximum atomic E-state index is 11.9. The number of hydrogen-bond acceptors (Lipinski definition) is 4. The van der Waals surface area contributed by atoms with E-state index in [1.165, 1.54) is 5.56 Å². The van der Waals surface area contributed by atoms with Crippen LogP contribution in [0.15, 0.2) is 30.3 Å². The molecule has 20 heavy (non-hydrogen) atoms. The number of esters is 1. The third-order valence-corrected chi connectivity index (χ3v) is 3.40. The standard InChI is InChI=1S/C16H23NO3/c1-2-3-10-20-16(18)15-13-17(9-11-19-15)12-14-7-5-4-6-8-14/h4-8,15H,2-3,9-13H2,1H3/t15-/m1/s1. The van der Waals surface area contributed by atoms with Crippen LogP contribution in [-0.4, -0.2) is 43.3 Å². The van der Waals surface area contributed by atoms with Crippen LogP contribution < -0.4 is 0 Å². The average molecular weight is 277 g/mol. The van der Waals surface area contributed by atoms with Crippen molar-refractivity contribution >= 4 is 5.97 Å². The first-order chi connectivity index (χ1) is 9.79. The Labute approximate surface area is 120 Å². The van der Waals surface area contributed by atoms with E-state index in [9.17, 15) is 4.79 Å². The van der Waals surface area contributed by atoms with E-state index in [-0.39, 0.29) is 5.97 Å². The molecule has 4 nitrogen and oxygen atoms in total. The summed E-state index contributed by atoms with van der Waals surface area (Å²) < 4.78 is 10.8. The van der Waals surface area contributed by atoms with Crippen molar-refractivity contribution in [3.63, 3.8) is 0 Å². The Balaban J connectivity index is 1.80. The van der Waals surface area contributed by atoms with Crippen LogP contribution in [0.4, 0.5) is 0 Å². The molecule has 0 aliphatic carbocycles. The lowest BCUT2D eigenvalue weighted by atomic mass is 10.2. The van der Waals surface area contributed by atoms with Crippen molar-refractivity contribution in [1.82, 2.24) is 4.90 Å². The number of hydrogen-bond donors (Lipinski definition) is 0. The summed E-state index contributed by atoms with van der Waals surface area (Å²) in [7, 11) is 0. The predicted molar refractivity (Wildman–Crippen MR) is 77.3 cm³/mol. The first-order valence-corrected chi connectivity index (χ1v) is 7.34. The van der Waals surface area contributed by atoms with Gasteiger partial charge in [-0.1, -0.05) is 43.7 Å². The lowest BCUT2D eigenvalue weighted by Gasteiger charge is -2.31. The molecule has 0 saturated carbocycles. The number of rotatable bonds is 6. The summed E-state index contributed by atoms with van der Waals surface area (Å²) in [6.07, 6.45) is 1.50. The molecule has 1 saturated heterocycles. The van der Waals surface area contributed by atoms with Crippen molar-refractivity contribution < 1.29 is 14.3 Å². The number of nitrogens with zero attached hydrogens (tertiary/aromatic N) is 1. The van der Waals surface area contributed by atoms with E-state index >= 15 is 0 Å². The molecule has 4 heteroatoms. The van der Waals surface area contributed by atoms with Gasteiger partial charge in [0.15, 0.2) is 6.10 Å². The Morgan fingerprint density at radius 3 is 2.95 bits per heavy atom. The fourth-order valence-corrected chi connectivity index (χ4v) is 2.24.